The van der Waals surface area contributed by atoms with Crippen LogP contribution in [-0.4, -0.2) is 16.1 Å². The lowest BCUT2D eigenvalue weighted by Gasteiger charge is -1.99. The summed E-state index contributed by atoms with van der Waals surface area (Å²) in [7, 11) is 0. The second kappa shape index (κ2) is 6.07. The van der Waals surface area contributed by atoms with E-state index in [4.69, 9.17) is 5.26 Å². The lowest BCUT2D eigenvalue weighted by molar-refractivity contribution is -0.114. The predicted octanol–water partition coefficient (Wildman–Crippen LogP) is 2.53. The van der Waals surface area contributed by atoms with Crippen molar-refractivity contribution in [2.45, 2.75) is 17.7 Å². The minimum atomic E-state index is -0.236. The van der Waals surface area contributed by atoms with E-state index in [0.717, 1.165) is 11.3 Å². The molecule has 0 radical (unpaired) electrons. The number of rotatable bonds is 4. The molecule has 2 rings (SSSR count). The number of aromatic amines is 1. The van der Waals surface area contributed by atoms with Crippen molar-refractivity contribution in [1.29, 1.82) is 5.26 Å². The Kier molecular flexibility index (Phi) is 4.21. The third-order valence-corrected chi connectivity index (χ3v) is 3.41. The molecule has 96 valence electrons. The van der Waals surface area contributed by atoms with Gasteiger partial charge in [-0.15, -0.1) is 0 Å². The first kappa shape index (κ1) is 13.2. The molecule has 1 aromatic carbocycles. The van der Waals surface area contributed by atoms with Gasteiger partial charge in [0.05, 0.1) is 0 Å². The van der Waals surface area contributed by atoms with Crippen molar-refractivity contribution in [3.63, 3.8) is 0 Å². The van der Waals surface area contributed by atoms with Gasteiger partial charge in [-0.05, 0) is 5.56 Å². The number of hydrogen-bond donors (Lipinski definition) is 2. The quantitative estimate of drug-likeness (QED) is 0.838. The Morgan fingerprint density at radius 2 is 2.21 bits per heavy atom. The molecule has 1 aromatic heterocycles. The highest BCUT2D eigenvalue weighted by Crippen LogP contribution is 2.27. The lowest BCUT2D eigenvalue weighted by atomic mass is 10.2. The summed E-state index contributed by atoms with van der Waals surface area (Å²) in [6.07, 6.45) is 0. The van der Waals surface area contributed by atoms with E-state index >= 15 is 0 Å². The summed E-state index contributed by atoms with van der Waals surface area (Å²) >= 11 is 1.46. The van der Waals surface area contributed by atoms with Crippen LogP contribution < -0.4 is 5.32 Å². The molecule has 0 saturated heterocycles. The Morgan fingerprint density at radius 1 is 1.47 bits per heavy atom. The molecule has 19 heavy (non-hydrogen) atoms. The standard InChI is InChI=1S/C13H12N4OS/c1-9(18)15-12-11(7-14)13(17-16-12)19-8-10-5-3-2-4-6-10/h2-6H,8H2,1H3,(H2,15,16,17,18). The Labute approximate surface area is 115 Å². The van der Waals surface area contributed by atoms with E-state index in [0.29, 0.717) is 16.4 Å². The fourth-order valence-electron chi connectivity index (χ4n) is 1.53. The highest BCUT2D eigenvalue weighted by atomic mass is 32.2. The molecule has 0 aliphatic heterocycles. The van der Waals surface area contributed by atoms with Gasteiger partial charge in [-0.3, -0.25) is 9.89 Å². The van der Waals surface area contributed by atoms with Gasteiger partial charge in [0.1, 0.15) is 22.5 Å². The summed E-state index contributed by atoms with van der Waals surface area (Å²) in [5, 5.41) is 19.0. The highest BCUT2D eigenvalue weighted by molar-refractivity contribution is 7.98. The molecule has 0 fully saturated rings. The molecule has 0 spiro atoms. The minimum Gasteiger partial charge on any atom is -0.310 e. The maximum Gasteiger partial charge on any atom is 0.222 e. The monoisotopic (exact) mass is 272 g/mol. The number of nitrogens with zero attached hydrogens (tertiary/aromatic N) is 2. The van der Waals surface area contributed by atoms with E-state index in [1.807, 2.05) is 30.3 Å². The third kappa shape index (κ3) is 3.36. The van der Waals surface area contributed by atoms with E-state index in [9.17, 15) is 4.79 Å². The Hall–Kier alpha value is -2.26. The molecule has 0 aliphatic rings. The van der Waals surface area contributed by atoms with Gasteiger partial charge < -0.3 is 5.32 Å². The number of aromatic nitrogens is 2. The minimum absolute atomic E-state index is 0.236. The van der Waals surface area contributed by atoms with Crippen molar-refractivity contribution in [3.05, 3.63) is 41.5 Å². The van der Waals surface area contributed by atoms with Crippen molar-refractivity contribution in [1.82, 2.24) is 10.2 Å². The first-order valence-electron chi connectivity index (χ1n) is 5.63. The number of carbonyl (C=O) groups excluding carboxylic acids is 1. The topological polar surface area (TPSA) is 81.6 Å². The molecule has 0 atom stereocenters. The van der Waals surface area contributed by atoms with Crippen LogP contribution in [-0.2, 0) is 10.5 Å². The second-order valence-electron chi connectivity index (χ2n) is 3.85. The average molecular weight is 272 g/mol. The molecule has 0 saturated carbocycles. The molecule has 0 aliphatic carbocycles. The van der Waals surface area contributed by atoms with Gasteiger partial charge >= 0.3 is 0 Å². The van der Waals surface area contributed by atoms with Crippen molar-refractivity contribution in [3.8, 4) is 6.07 Å². The molecule has 2 aromatic rings. The number of nitriles is 1. The second-order valence-corrected chi connectivity index (χ2v) is 4.81. The maximum atomic E-state index is 11.0. The Morgan fingerprint density at radius 3 is 2.84 bits per heavy atom. The zero-order valence-corrected chi connectivity index (χ0v) is 11.1. The first-order valence-corrected chi connectivity index (χ1v) is 6.62. The Bertz CT molecular complexity index is 615. The van der Waals surface area contributed by atoms with E-state index in [-0.39, 0.29) is 5.91 Å². The van der Waals surface area contributed by atoms with Gasteiger partial charge in [-0.2, -0.15) is 10.4 Å². The van der Waals surface area contributed by atoms with Crippen LogP contribution in [0.5, 0.6) is 0 Å². The molecule has 1 amide bonds. The number of thioether (sulfide) groups is 1. The van der Waals surface area contributed by atoms with Crippen LogP contribution >= 0.6 is 11.8 Å². The SMILES string of the molecule is CC(=O)Nc1[nH]nc(SCc2ccccc2)c1C#N. The highest BCUT2D eigenvalue weighted by Gasteiger charge is 2.14. The van der Waals surface area contributed by atoms with Crippen LogP contribution in [0.2, 0.25) is 0 Å². The van der Waals surface area contributed by atoms with Crippen LogP contribution in [0.1, 0.15) is 18.1 Å². The van der Waals surface area contributed by atoms with E-state index in [1.165, 1.54) is 18.7 Å². The predicted molar refractivity (Wildman–Crippen MR) is 73.6 cm³/mol. The molecule has 5 nitrogen and oxygen atoms in total. The molecular weight excluding hydrogens is 260 g/mol. The van der Waals surface area contributed by atoms with Crippen LogP contribution in [0.4, 0.5) is 5.82 Å². The van der Waals surface area contributed by atoms with Crippen LogP contribution in [0.15, 0.2) is 35.4 Å². The number of nitrogens with one attached hydrogen (secondary N) is 2. The van der Waals surface area contributed by atoms with E-state index < -0.39 is 0 Å². The number of H-pyrrole nitrogens is 1. The summed E-state index contributed by atoms with van der Waals surface area (Å²) in [4.78, 5) is 11.0. The van der Waals surface area contributed by atoms with Gasteiger partial charge in [0.2, 0.25) is 5.91 Å². The number of anilines is 1. The average Bonchev–Trinajstić information content (AvgIpc) is 2.78. The number of carbonyl (C=O) groups is 1. The molecule has 1 heterocycles. The van der Waals surface area contributed by atoms with Crippen LogP contribution in [0.3, 0.4) is 0 Å². The van der Waals surface area contributed by atoms with E-state index in [2.05, 4.69) is 21.6 Å². The van der Waals surface area contributed by atoms with Gasteiger partial charge in [-0.1, -0.05) is 42.1 Å². The van der Waals surface area contributed by atoms with Gasteiger partial charge in [-0.25, -0.2) is 0 Å². The molecule has 6 heteroatoms. The maximum absolute atomic E-state index is 11.0. The summed E-state index contributed by atoms with van der Waals surface area (Å²) in [5.74, 6) is 0.838. The first-order chi connectivity index (χ1) is 9.20. The number of amides is 1. The van der Waals surface area contributed by atoms with Gasteiger partial charge in [0.25, 0.3) is 0 Å². The number of benzene rings is 1. The molecule has 2 N–H and O–H groups in total. The summed E-state index contributed by atoms with van der Waals surface area (Å²) in [6, 6.07) is 12.0. The zero-order valence-electron chi connectivity index (χ0n) is 10.3. The van der Waals surface area contributed by atoms with Gasteiger partial charge in [0, 0.05) is 12.7 Å². The third-order valence-electron chi connectivity index (χ3n) is 2.36. The number of hydrogen-bond acceptors (Lipinski definition) is 4. The largest absolute Gasteiger partial charge is 0.310 e. The fraction of sp³-hybridized carbons (Fsp3) is 0.154. The lowest BCUT2D eigenvalue weighted by Crippen LogP contribution is -2.07. The van der Waals surface area contributed by atoms with Crippen molar-refractivity contribution in [2.24, 2.45) is 0 Å². The van der Waals surface area contributed by atoms with Gasteiger partial charge in [0.15, 0.2) is 0 Å². The normalized spacial score (nSPS) is 9.89. The molecular formula is C13H12N4OS. The summed E-state index contributed by atoms with van der Waals surface area (Å²) in [5.41, 5.74) is 1.52. The molecule has 0 unspecified atom stereocenters. The van der Waals surface area contributed by atoms with Crippen molar-refractivity contribution >= 4 is 23.5 Å². The van der Waals surface area contributed by atoms with Crippen LogP contribution in [0.25, 0.3) is 0 Å². The van der Waals surface area contributed by atoms with E-state index in [1.54, 1.807) is 0 Å². The summed E-state index contributed by atoms with van der Waals surface area (Å²) in [6.45, 7) is 1.39. The summed E-state index contributed by atoms with van der Waals surface area (Å²) < 4.78 is 0. The van der Waals surface area contributed by atoms with Crippen molar-refractivity contribution < 1.29 is 4.79 Å². The Balaban J connectivity index is 2.11. The fourth-order valence-corrected chi connectivity index (χ4v) is 2.42. The van der Waals surface area contributed by atoms with Crippen molar-refractivity contribution in [2.75, 3.05) is 5.32 Å². The molecule has 0 bridgehead atoms. The zero-order chi connectivity index (χ0) is 13.7. The smallest absolute Gasteiger partial charge is 0.222 e. The van der Waals surface area contributed by atoms with Crippen LogP contribution in [0, 0.1) is 11.3 Å².